The molecule has 0 bridgehead atoms. The molecule has 1 aliphatic rings. The molecule has 0 unspecified atom stereocenters. The Labute approximate surface area is 150 Å². The second kappa shape index (κ2) is 8.67. The van der Waals surface area contributed by atoms with E-state index in [0.29, 0.717) is 5.95 Å². The summed E-state index contributed by atoms with van der Waals surface area (Å²) in [4.78, 5) is 13.6. The zero-order valence-corrected chi connectivity index (χ0v) is 15.2. The van der Waals surface area contributed by atoms with Crippen LogP contribution in [0.3, 0.4) is 0 Å². The lowest BCUT2D eigenvalue weighted by molar-refractivity contribution is 0.313. The molecule has 0 amide bonds. The van der Waals surface area contributed by atoms with Crippen molar-refractivity contribution in [1.29, 1.82) is 0 Å². The standard InChI is InChI=1S/C19H28N6/c1-3-4-10-20-19-21-11-9-18(23-19)22-16-5-7-17(8-6-16)25-14-12-24(2)13-15-25/h5-9,11H,3-4,10,12-15H2,1-2H3,(H2,20,21,22,23). The van der Waals surface area contributed by atoms with Gasteiger partial charge in [0.1, 0.15) is 5.82 Å². The summed E-state index contributed by atoms with van der Waals surface area (Å²) < 4.78 is 0. The van der Waals surface area contributed by atoms with Gasteiger partial charge in [-0.15, -0.1) is 0 Å². The minimum absolute atomic E-state index is 0.674. The van der Waals surface area contributed by atoms with Gasteiger partial charge in [0.25, 0.3) is 0 Å². The smallest absolute Gasteiger partial charge is 0.224 e. The summed E-state index contributed by atoms with van der Waals surface area (Å²) in [7, 11) is 2.18. The maximum atomic E-state index is 4.51. The molecule has 0 spiro atoms. The number of anilines is 4. The molecule has 2 N–H and O–H groups in total. The molecule has 25 heavy (non-hydrogen) atoms. The van der Waals surface area contributed by atoms with Crippen LogP contribution in [0.5, 0.6) is 0 Å². The molecule has 1 aromatic heterocycles. The third-order valence-electron chi connectivity index (χ3n) is 4.48. The maximum absolute atomic E-state index is 4.51. The number of likely N-dealkylation sites (N-methyl/N-ethyl adjacent to an activating group) is 1. The molecule has 2 aromatic rings. The van der Waals surface area contributed by atoms with Gasteiger partial charge in [-0.1, -0.05) is 13.3 Å². The number of rotatable bonds is 7. The van der Waals surface area contributed by atoms with Gasteiger partial charge in [0.15, 0.2) is 0 Å². The molecule has 134 valence electrons. The predicted molar refractivity (Wildman–Crippen MR) is 105 cm³/mol. The number of aromatic nitrogens is 2. The second-order valence-corrected chi connectivity index (χ2v) is 6.51. The summed E-state index contributed by atoms with van der Waals surface area (Å²) in [5, 5.41) is 6.61. The van der Waals surface area contributed by atoms with Crippen LogP contribution in [0.2, 0.25) is 0 Å². The zero-order valence-electron chi connectivity index (χ0n) is 15.2. The van der Waals surface area contributed by atoms with E-state index in [1.54, 1.807) is 6.20 Å². The van der Waals surface area contributed by atoms with Gasteiger partial charge in [-0.05, 0) is 43.8 Å². The first kappa shape index (κ1) is 17.5. The van der Waals surface area contributed by atoms with Gasteiger partial charge in [-0.25, -0.2) is 4.98 Å². The van der Waals surface area contributed by atoms with E-state index in [-0.39, 0.29) is 0 Å². The Hall–Kier alpha value is -2.34. The van der Waals surface area contributed by atoms with Crippen molar-refractivity contribution in [1.82, 2.24) is 14.9 Å². The molecule has 2 heterocycles. The van der Waals surface area contributed by atoms with Crippen LogP contribution in [0.4, 0.5) is 23.1 Å². The van der Waals surface area contributed by atoms with Crippen LogP contribution in [-0.4, -0.2) is 54.6 Å². The van der Waals surface area contributed by atoms with Crippen LogP contribution in [0.25, 0.3) is 0 Å². The van der Waals surface area contributed by atoms with Crippen LogP contribution in [0.1, 0.15) is 19.8 Å². The summed E-state index contributed by atoms with van der Waals surface area (Å²) in [5.41, 5.74) is 2.32. The lowest BCUT2D eigenvalue weighted by Crippen LogP contribution is -2.44. The molecule has 1 aliphatic heterocycles. The van der Waals surface area contributed by atoms with Crippen molar-refractivity contribution < 1.29 is 0 Å². The van der Waals surface area contributed by atoms with Crippen molar-refractivity contribution in [3.63, 3.8) is 0 Å². The van der Waals surface area contributed by atoms with E-state index in [9.17, 15) is 0 Å². The quantitative estimate of drug-likeness (QED) is 0.755. The van der Waals surface area contributed by atoms with Gasteiger partial charge in [0.2, 0.25) is 5.95 Å². The number of nitrogens with one attached hydrogen (secondary N) is 2. The fourth-order valence-electron chi connectivity index (χ4n) is 2.86. The minimum Gasteiger partial charge on any atom is -0.369 e. The molecule has 1 saturated heterocycles. The fourth-order valence-corrected chi connectivity index (χ4v) is 2.86. The van der Waals surface area contributed by atoms with Gasteiger partial charge < -0.3 is 20.4 Å². The Morgan fingerprint density at radius 1 is 1.04 bits per heavy atom. The molecule has 6 heteroatoms. The largest absolute Gasteiger partial charge is 0.369 e. The Bertz CT molecular complexity index is 649. The molecule has 3 rings (SSSR count). The number of piperazine rings is 1. The Morgan fingerprint density at radius 3 is 2.52 bits per heavy atom. The monoisotopic (exact) mass is 340 g/mol. The molecular weight excluding hydrogens is 312 g/mol. The summed E-state index contributed by atoms with van der Waals surface area (Å²) in [6.07, 6.45) is 4.06. The third kappa shape index (κ3) is 5.06. The first-order chi connectivity index (χ1) is 12.2. The number of nitrogens with zero attached hydrogens (tertiary/aromatic N) is 4. The molecule has 1 fully saturated rings. The Balaban J connectivity index is 1.58. The highest BCUT2D eigenvalue weighted by atomic mass is 15.2. The number of benzene rings is 1. The zero-order chi connectivity index (χ0) is 17.5. The van der Waals surface area contributed by atoms with Gasteiger partial charge in [0, 0.05) is 50.3 Å². The molecule has 1 aromatic carbocycles. The van der Waals surface area contributed by atoms with Crippen LogP contribution in [0.15, 0.2) is 36.5 Å². The highest BCUT2D eigenvalue weighted by Gasteiger charge is 2.13. The van der Waals surface area contributed by atoms with Crippen molar-refractivity contribution in [3.05, 3.63) is 36.5 Å². The summed E-state index contributed by atoms with van der Waals surface area (Å²) in [6.45, 7) is 7.49. The van der Waals surface area contributed by atoms with Crippen LogP contribution in [0, 0.1) is 0 Å². The van der Waals surface area contributed by atoms with Gasteiger partial charge in [-0.2, -0.15) is 4.98 Å². The minimum atomic E-state index is 0.674. The summed E-state index contributed by atoms with van der Waals surface area (Å²) in [5.74, 6) is 1.48. The first-order valence-corrected chi connectivity index (χ1v) is 9.12. The second-order valence-electron chi connectivity index (χ2n) is 6.51. The average molecular weight is 340 g/mol. The molecule has 0 radical (unpaired) electrons. The number of hydrogen-bond acceptors (Lipinski definition) is 6. The van der Waals surface area contributed by atoms with E-state index < -0.39 is 0 Å². The fraction of sp³-hybridized carbons (Fsp3) is 0.474. The molecule has 0 saturated carbocycles. The molecular formula is C19H28N6. The van der Waals surface area contributed by atoms with Crippen LogP contribution < -0.4 is 15.5 Å². The van der Waals surface area contributed by atoms with Crippen molar-refractivity contribution in [2.24, 2.45) is 0 Å². The predicted octanol–water partition coefficient (Wildman–Crippen LogP) is 3.18. The summed E-state index contributed by atoms with van der Waals surface area (Å²) >= 11 is 0. The van der Waals surface area contributed by atoms with Crippen molar-refractivity contribution in [2.45, 2.75) is 19.8 Å². The van der Waals surface area contributed by atoms with Crippen molar-refractivity contribution >= 4 is 23.1 Å². The van der Waals surface area contributed by atoms with Gasteiger partial charge in [0.05, 0.1) is 0 Å². The lowest BCUT2D eigenvalue weighted by Gasteiger charge is -2.34. The third-order valence-corrected chi connectivity index (χ3v) is 4.48. The molecule has 0 aliphatic carbocycles. The van der Waals surface area contributed by atoms with E-state index >= 15 is 0 Å². The Kier molecular flexibility index (Phi) is 6.06. The van der Waals surface area contributed by atoms with E-state index in [0.717, 1.165) is 57.1 Å². The number of unbranched alkanes of at least 4 members (excludes halogenated alkanes) is 1. The number of hydrogen-bond donors (Lipinski definition) is 2. The molecule has 6 nitrogen and oxygen atoms in total. The highest BCUT2D eigenvalue weighted by Crippen LogP contribution is 2.21. The normalized spacial score (nSPS) is 15.2. The van der Waals surface area contributed by atoms with E-state index in [4.69, 9.17) is 0 Å². The van der Waals surface area contributed by atoms with Crippen LogP contribution in [-0.2, 0) is 0 Å². The topological polar surface area (TPSA) is 56.3 Å². The molecule has 0 atom stereocenters. The average Bonchev–Trinajstić information content (AvgIpc) is 2.64. The summed E-state index contributed by atoms with van der Waals surface area (Å²) in [6, 6.07) is 10.5. The van der Waals surface area contributed by atoms with E-state index in [2.05, 4.69) is 68.6 Å². The van der Waals surface area contributed by atoms with Gasteiger partial charge >= 0.3 is 0 Å². The van der Waals surface area contributed by atoms with Crippen LogP contribution >= 0.6 is 0 Å². The SMILES string of the molecule is CCCCNc1nccc(Nc2ccc(N3CCN(C)CC3)cc2)n1. The highest BCUT2D eigenvalue weighted by molar-refractivity contribution is 5.61. The maximum Gasteiger partial charge on any atom is 0.224 e. The van der Waals surface area contributed by atoms with E-state index in [1.807, 2.05) is 6.07 Å². The first-order valence-electron chi connectivity index (χ1n) is 9.12. The van der Waals surface area contributed by atoms with Crippen molar-refractivity contribution in [3.8, 4) is 0 Å². The lowest BCUT2D eigenvalue weighted by atomic mass is 10.2. The van der Waals surface area contributed by atoms with Crippen molar-refractivity contribution in [2.75, 3.05) is 55.3 Å². The van der Waals surface area contributed by atoms with E-state index in [1.165, 1.54) is 5.69 Å². The Morgan fingerprint density at radius 2 is 1.80 bits per heavy atom. The van der Waals surface area contributed by atoms with Gasteiger partial charge in [-0.3, -0.25) is 0 Å².